The number of phenolic OH excluding ortho intramolecular Hbond substituents is 1. The van der Waals surface area contributed by atoms with Crippen molar-refractivity contribution >= 4 is 51.4 Å². The number of benzene rings is 3. The van der Waals surface area contributed by atoms with Crippen LogP contribution in [0.25, 0.3) is 10.8 Å². The lowest BCUT2D eigenvalue weighted by molar-refractivity contribution is 0.262. The molecule has 3 aromatic rings. The quantitative estimate of drug-likeness (QED) is 0.505. The minimum atomic E-state index is -0.502. The van der Waals surface area contributed by atoms with Gasteiger partial charge in [0.2, 0.25) is 0 Å². The van der Waals surface area contributed by atoms with Gasteiger partial charge in [-0.05, 0) is 30.0 Å². The predicted molar refractivity (Wildman–Crippen MR) is 99.5 cm³/mol. The van der Waals surface area contributed by atoms with Crippen LogP contribution in [0.2, 0.25) is 10.0 Å². The first-order valence-electron chi connectivity index (χ1n) is 7.20. The molecule has 0 aromatic heterocycles. The number of rotatable bonds is 2. The first-order valence-corrected chi connectivity index (χ1v) is 7.96. The number of carbonyl (C=O) groups is 1. The molecule has 0 saturated heterocycles. The van der Waals surface area contributed by atoms with E-state index < -0.39 is 6.03 Å². The van der Waals surface area contributed by atoms with Gasteiger partial charge in [-0.1, -0.05) is 59.6 Å². The smallest absolute Gasteiger partial charge is 0.323 e. The van der Waals surface area contributed by atoms with Crippen LogP contribution in [0, 0.1) is 6.92 Å². The summed E-state index contributed by atoms with van der Waals surface area (Å²) in [4.78, 5) is 12.3. The van der Waals surface area contributed by atoms with Crippen molar-refractivity contribution in [3.8, 4) is 5.75 Å². The van der Waals surface area contributed by atoms with Crippen LogP contribution < -0.4 is 10.6 Å². The normalized spacial score (nSPS) is 10.6. The molecule has 0 heterocycles. The Kier molecular flexibility index (Phi) is 4.51. The molecule has 122 valence electrons. The van der Waals surface area contributed by atoms with Gasteiger partial charge < -0.3 is 15.7 Å². The maximum Gasteiger partial charge on any atom is 0.323 e. The van der Waals surface area contributed by atoms with Gasteiger partial charge in [-0.2, -0.15) is 0 Å². The third-order valence-electron chi connectivity index (χ3n) is 3.71. The molecule has 0 aliphatic rings. The molecule has 4 nitrogen and oxygen atoms in total. The van der Waals surface area contributed by atoms with Crippen molar-refractivity contribution in [2.24, 2.45) is 0 Å². The minimum Gasteiger partial charge on any atom is -0.504 e. The maximum atomic E-state index is 12.3. The van der Waals surface area contributed by atoms with Crippen molar-refractivity contribution in [1.82, 2.24) is 0 Å². The van der Waals surface area contributed by atoms with Gasteiger partial charge in [0.1, 0.15) is 0 Å². The summed E-state index contributed by atoms with van der Waals surface area (Å²) in [5.41, 5.74) is 1.36. The van der Waals surface area contributed by atoms with Crippen LogP contribution in [0.3, 0.4) is 0 Å². The van der Waals surface area contributed by atoms with E-state index in [0.717, 1.165) is 10.8 Å². The lowest BCUT2D eigenvalue weighted by Gasteiger charge is -2.13. The zero-order valence-electron chi connectivity index (χ0n) is 12.7. The van der Waals surface area contributed by atoms with Crippen LogP contribution in [0.1, 0.15) is 5.56 Å². The zero-order chi connectivity index (χ0) is 17.3. The van der Waals surface area contributed by atoms with Crippen LogP contribution in [-0.4, -0.2) is 11.1 Å². The Hall–Kier alpha value is -2.43. The molecule has 0 spiro atoms. The second-order valence-electron chi connectivity index (χ2n) is 5.30. The van der Waals surface area contributed by atoms with Gasteiger partial charge in [0.25, 0.3) is 0 Å². The number of halogens is 2. The Labute approximate surface area is 149 Å². The zero-order valence-corrected chi connectivity index (χ0v) is 14.2. The van der Waals surface area contributed by atoms with E-state index in [1.165, 1.54) is 6.07 Å². The number of nitrogens with one attached hydrogen (secondary N) is 2. The molecule has 0 bridgehead atoms. The van der Waals surface area contributed by atoms with E-state index in [1.807, 2.05) is 36.4 Å². The Morgan fingerprint density at radius 2 is 1.67 bits per heavy atom. The Balaban J connectivity index is 1.86. The second-order valence-corrected chi connectivity index (χ2v) is 6.08. The summed E-state index contributed by atoms with van der Waals surface area (Å²) >= 11 is 12.0. The number of hydrogen-bond donors (Lipinski definition) is 3. The summed E-state index contributed by atoms with van der Waals surface area (Å²) in [7, 11) is 0. The molecular formula is C18H14Cl2N2O2. The highest BCUT2D eigenvalue weighted by molar-refractivity contribution is 6.37. The van der Waals surface area contributed by atoms with E-state index in [1.54, 1.807) is 13.0 Å². The van der Waals surface area contributed by atoms with E-state index in [0.29, 0.717) is 16.3 Å². The first-order chi connectivity index (χ1) is 11.5. The molecule has 0 saturated carbocycles. The summed E-state index contributed by atoms with van der Waals surface area (Å²) in [6.07, 6.45) is 0. The fourth-order valence-corrected chi connectivity index (χ4v) is 2.87. The number of aromatic hydroxyl groups is 1. The topological polar surface area (TPSA) is 61.4 Å². The van der Waals surface area contributed by atoms with Crippen LogP contribution >= 0.6 is 23.2 Å². The number of hydrogen-bond acceptors (Lipinski definition) is 2. The molecule has 0 fully saturated rings. The predicted octanol–water partition coefficient (Wildman–Crippen LogP) is 5.80. The molecule has 3 N–H and O–H groups in total. The largest absolute Gasteiger partial charge is 0.504 e. The van der Waals surface area contributed by atoms with Crippen LogP contribution in [0.4, 0.5) is 16.2 Å². The summed E-state index contributed by atoms with van der Waals surface area (Å²) < 4.78 is 0. The third kappa shape index (κ3) is 3.11. The molecular weight excluding hydrogens is 347 g/mol. The number of amides is 2. The second kappa shape index (κ2) is 6.59. The van der Waals surface area contributed by atoms with Gasteiger partial charge in [-0.25, -0.2) is 4.79 Å². The molecule has 2 amide bonds. The number of urea groups is 1. The van der Waals surface area contributed by atoms with Gasteiger partial charge >= 0.3 is 6.03 Å². The third-order valence-corrected chi connectivity index (χ3v) is 4.56. The fraction of sp³-hybridized carbons (Fsp3) is 0.0556. The van der Waals surface area contributed by atoms with Crippen molar-refractivity contribution in [2.45, 2.75) is 6.92 Å². The highest BCUT2D eigenvalue weighted by Crippen LogP contribution is 2.38. The molecule has 0 aliphatic carbocycles. The Bertz CT molecular complexity index is 936. The van der Waals surface area contributed by atoms with Gasteiger partial charge in [-0.3, -0.25) is 0 Å². The van der Waals surface area contributed by atoms with Crippen molar-refractivity contribution in [3.05, 3.63) is 64.1 Å². The van der Waals surface area contributed by atoms with Gasteiger partial charge in [0.05, 0.1) is 16.4 Å². The van der Waals surface area contributed by atoms with Crippen molar-refractivity contribution in [1.29, 1.82) is 0 Å². The Morgan fingerprint density at radius 1 is 1.00 bits per heavy atom. The van der Waals surface area contributed by atoms with Gasteiger partial charge in [-0.15, -0.1) is 0 Å². The standard InChI is InChI=1S/C18H14Cl2N2O2/c1-10-13(19)9-15(17(23)16(10)20)22-18(24)21-14-8-4-6-11-5-2-3-7-12(11)14/h2-9,23H,1H3,(H2,21,22,24). The monoisotopic (exact) mass is 360 g/mol. The average Bonchev–Trinajstić information content (AvgIpc) is 2.58. The lowest BCUT2D eigenvalue weighted by atomic mass is 10.1. The molecule has 3 rings (SSSR count). The summed E-state index contributed by atoms with van der Waals surface area (Å²) in [5, 5.41) is 17.8. The maximum absolute atomic E-state index is 12.3. The number of phenols is 1. The van der Waals surface area contributed by atoms with Gasteiger partial charge in [0, 0.05) is 10.4 Å². The Morgan fingerprint density at radius 3 is 2.46 bits per heavy atom. The molecule has 0 unspecified atom stereocenters. The van der Waals surface area contributed by atoms with E-state index in [-0.39, 0.29) is 16.5 Å². The SMILES string of the molecule is Cc1c(Cl)cc(NC(=O)Nc2cccc3ccccc23)c(O)c1Cl. The molecule has 0 radical (unpaired) electrons. The number of carbonyl (C=O) groups excluding carboxylic acids is 1. The van der Waals surface area contributed by atoms with E-state index in [9.17, 15) is 9.90 Å². The summed E-state index contributed by atoms with van der Waals surface area (Å²) in [6, 6.07) is 14.3. The molecule has 6 heteroatoms. The lowest BCUT2D eigenvalue weighted by Crippen LogP contribution is -2.19. The summed E-state index contributed by atoms with van der Waals surface area (Å²) in [6.45, 7) is 1.68. The molecule has 24 heavy (non-hydrogen) atoms. The number of anilines is 2. The highest BCUT2D eigenvalue weighted by atomic mass is 35.5. The first kappa shape index (κ1) is 16.4. The molecule has 0 aliphatic heterocycles. The van der Waals surface area contributed by atoms with Crippen molar-refractivity contribution in [3.63, 3.8) is 0 Å². The average molecular weight is 361 g/mol. The number of fused-ring (bicyclic) bond motifs is 1. The highest BCUT2D eigenvalue weighted by Gasteiger charge is 2.15. The summed E-state index contributed by atoms with van der Waals surface area (Å²) in [5.74, 6) is -0.216. The van der Waals surface area contributed by atoms with E-state index in [4.69, 9.17) is 23.2 Å². The minimum absolute atomic E-state index is 0.114. The van der Waals surface area contributed by atoms with Gasteiger partial charge in [0.15, 0.2) is 5.75 Å². The van der Waals surface area contributed by atoms with Crippen LogP contribution in [-0.2, 0) is 0 Å². The van der Waals surface area contributed by atoms with Crippen LogP contribution in [0.15, 0.2) is 48.5 Å². The molecule has 3 aromatic carbocycles. The van der Waals surface area contributed by atoms with E-state index in [2.05, 4.69) is 10.6 Å². The van der Waals surface area contributed by atoms with E-state index >= 15 is 0 Å². The fourth-order valence-electron chi connectivity index (χ4n) is 2.41. The van der Waals surface area contributed by atoms with Crippen LogP contribution in [0.5, 0.6) is 5.75 Å². The van der Waals surface area contributed by atoms with Crippen molar-refractivity contribution in [2.75, 3.05) is 10.6 Å². The molecule has 0 atom stereocenters. The van der Waals surface area contributed by atoms with Crippen molar-refractivity contribution < 1.29 is 9.90 Å².